The monoisotopic (exact) mass is 1820 g/mol. The molecule has 0 radical (unpaired) electrons. The number of pyridine rings is 10. The van der Waals surface area contributed by atoms with Crippen molar-refractivity contribution in [1.29, 1.82) is 0 Å². The Morgan fingerprint density at radius 3 is 0.971 bits per heavy atom. The third-order valence-electron chi connectivity index (χ3n) is 25.1. The van der Waals surface area contributed by atoms with Gasteiger partial charge in [-0.1, -0.05) is 194 Å². The Balaban J connectivity index is 0.000000125. The van der Waals surface area contributed by atoms with E-state index in [4.69, 9.17) is 14.7 Å². The van der Waals surface area contributed by atoms with E-state index in [1.165, 1.54) is 92.5 Å². The molecule has 1 aliphatic heterocycles. The van der Waals surface area contributed by atoms with Gasteiger partial charge in [0.2, 0.25) is 0 Å². The van der Waals surface area contributed by atoms with Crippen LogP contribution in [-0.2, 0) is 70.6 Å². The van der Waals surface area contributed by atoms with Gasteiger partial charge in [-0.15, -0.1) is 0 Å². The van der Waals surface area contributed by atoms with Gasteiger partial charge in [-0.05, 0) is 237 Å². The molecular weight excluding hydrogens is 1710 g/mol. The molecule has 1 unspecified atom stereocenters. The molecule has 5 aromatic carbocycles. The van der Waals surface area contributed by atoms with E-state index < -0.39 is 0 Å². The first kappa shape index (κ1) is 95.2. The van der Waals surface area contributed by atoms with Gasteiger partial charge in [0.25, 0.3) is 0 Å². The number of carbonyl (C=O) groups excluding carboxylic acids is 3. The lowest BCUT2D eigenvalue weighted by Crippen LogP contribution is -2.25. The summed E-state index contributed by atoms with van der Waals surface area (Å²) in [6.07, 6.45) is 39.2. The summed E-state index contributed by atoms with van der Waals surface area (Å²) in [6.45, 7) is 16.6. The SMILES string of the molecule is C.Cc1ccc(C(=O)Cc2ccc(Cc3c[nH]c4ncccc34)cn2)cc1.Cc1ccc(C(=O)Cc2ccc(Cc3c[nH]c4ncccc34)cn2)cc1.Cc1ccc(C(=O)Cc2ccc(Cc3c[nH]c4ncccc34)cn2)cc1.Cc1ccc(C(C)Cc2ccc(Cc3c[nH]c4ncccc34)cn2)cc1.Cc1ccc(CCc2ccc(Cc3c[nH]c4ncc(OCCN5CCCC5)cc34)cn2)cc1. The number of fused-ring (bicyclic) bond motifs is 5. The fourth-order valence-electron chi connectivity index (χ4n) is 17.1. The summed E-state index contributed by atoms with van der Waals surface area (Å²) < 4.78 is 6.01. The van der Waals surface area contributed by atoms with E-state index in [1.807, 2.05) is 222 Å². The number of hydrogen-bond donors (Lipinski definition) is 5. The molecule has 0 bridgehead atoms. The molecule has 20 aromatic rings. The van der Waals surface area contributed by atoms with E-state index in [0.717, 1.165) is 192 Å². The number of aromatic nitrogens is 15. The number of Topliss-reactive ketones (excluding diaryl/α,β-unsaturated/α-hetero) is 3. The Morgan fingerprint density at radius 1 is 0.326 bits per heavy atom. The Labute approximate surface area is 805 Å². The summed E-state index contributed by atoms with van der Waals surface area (Å²) in [5, 5.41) is 5.70. The van der Waals surface area contributed by atoms with Crippen molar-refractivity contribution in [3.63, 3.8) is 0 Å². The van der Waals surface area contributed by atoms with Gasteiger partial charge in [-0.25, -0.2) is 24.9 Å². The van der Waals surface area contributed by atoms with Crippen molar-refractivity contribution in [2.45, 2.75) is 138 Å². The molecule has 138 heavy (non-hydrogen) atoms. The minimum atomic E-state index is 0. The molecular formula is C118H116N16O4. The molecule has 0 aliphatic carbocycles. The number of aryl methyl sites for hydroxylation is 7. The van der Waals surface area contributed by atoms with E-state index in [-0.39, 0.29) is 24.8 Å². The number of H-pyrrole nitrogens is 5. The molecule has 21 rings (SSSR count). The second kappa shape index (κ2) is 46.3. The topological polar surface area (TPSA) is 272 Å². The summed E-state index contributed by atoms with van der Waals surface area (Å²) in [5.74, 6) is 1.58. The van der Waals surface area contributed by atoms with Crippen LogP contribution < -0.4 is 4.74 Å². The normalized spacial score (nSPS) is 11.9. The Morgan fingerprint density at radius 2 is 0.630 bits per heavy atom. The van der Waals surface area contributed by atoms with E-state index in [9.17, 15) is 14.4 Å². The van der Waals surface area contributed by atoms with Gasteiger partial charge in [-0.2, -0.15) is 0 Å². The molecule has 0 spiro atoms. The molecule has 1 aliphatic rings. The zero-order valence-corrected chi connectivity index (χ0v) is 78.3. The first-order chi connectivity index (χ1) is 67.0. The Hall–Kier alpha value is -15.9. The average molecular weight is 1820 g/mol. The van der Waals surface area contributed by atoms with Gasteiger partial charge < -0.3 is 29.7 Å². The standard InChI is InChI=1S/C28H32N4O.C23H23N3.3C22H19N3O.CH4/c1-21-4-6-22(7-5-21)8-10-25-11-9-23(18-29-25)16-24-19-30-28-27(24)17-26(20-31-28)33-15-14-32-12-2-3-13-32;1-16-5-8-19(9-6-16)17(2)12-21-10-7-18(14-25-21)13-20-15-26-23-22(20)4-3-11-24-23;3*1-15-4-7-17(8-5-15)21(26)12-19-9-6-16(13-24-19)11-18-14-25-22-20(18)3-2-10-23-22;/h4-7,9,11,17-20H,2-3,8,10,12-16H2,1H3,(H,30,31);3-11,14-15,17H,12-13H2,1-2H3,(H,24,26);3*2-10,13-14H,11-12H2,1H3,(H,23,25);1H4. The zero-order chi connectivity index (χ0) is 94.2. The second-order valence-electron chi connectivity index (χ2n) is 35.7. The molecule has 20 heteroatoms. The smallest absolute Gasteiger partial charge is 0.168 e. The lowest BCUT2D eigenvalue weighted by molar-refractivity contribution is 0.0983. The number of aromatic amines is 5. The number of nitrogens with zero attached hydrogens (tertiary/aromatic N) is 11. The first-order valence-corrected chi connectivity index (χ1v) is 47.0. The number of likely N-dealkylation sites (tertiary alicyclic amines) is 1. The number of nitrogens with one attached hydrogen (secondary N) is 5. The maximum Gasteiger partial charge on any atom is 0.168 e. The molecule has 5 N–H and O–H groups in total. The van der Waals surface area contributed by atoms with Gasteiger partial charge in [0.05, 0.1) is 25.5 Å². The predicted octanol–water partition coefficient (Wildman–Crippen LogP) is 23.8. The van der Waals surface area contributed by atoms with E-state index in [2.05, 4.69) is 200 Å². The van der Waals surface area contributed by atoms with Crippen LogP contribution in [0.1, 0.15) is 187 Å². The Kier molecular flexibility index (Phi) is 32.0. The van der Waals surface area contributed by atoms with Gasteiger partial charge in [0, 0.05) is 197 Å². The first-order valence-electron chi connectivity index (χ1n) is 47.0. The van der Waals surface area contributed by atoms with Crippen molar-refractivity contribution in [3.05, 3.63) is 469 Å². The van der Waals surface area contributed by atoms with Crippen LogP contribution in [0, 0.1) is 34.6 Å². The van der Waals surface area contributed by atoms with E-state index >= 15 is 0 Å². The number of rotatable bonds is 29. The van der Waals surface area contributed by atoms with Crippen molar-refractivity contribution < 1.29 is 19.1 Å². The van der Waals surface area contributed by atoms with Gasteiger partial charge in [-0.3, -0.25) is 44.2 Å². The molecule has 1 fully saturated rings. The summed E-state index contributed by atoms with van der Waals surface area (Å²) in [5.41, 5.74) is 32.0. The predicted molar refractivity (Wildman–Crippen MR) is 553 cm³/mol. The van der Waals surface area contributed by atoms with Crippen molar-refractivity contribution in [2.75, 3.05) is 26.2 Å². The lowest BCUT2D eigenvalue weighted by atomic mass is 9.95. The van der Waals surface area contributed by atoms with Crippen molar-refractivity contribution in [1.82, 2.24) is 79.7 Å². The molecule has 20 nitrogen and oxygen atoms in total. The van der Waals surface area contributed by atoms with Gasteiger partial charge >= 0.3 is 0 Å². The van der Waals surface area contributed by atoms with Crippen LogP contribution in [0.3, 0.4) is 0 Å². The minimum absolute atomic E-state index is 0. The lowest BCUT2D eigenvalue weighted by Gasteiger charge is -2.14. The number of ether oxygens (including phenoxy) is 1. The maximum absolute atomic E-state index is 12.4. The minimum Gasteiger partial charge on any atom is -0.491 e. The van der Waals surface area contributed by atoms with Gasteiger partial charge in [0.15, 0.2) is 17.3 Å². The summed E-state index contributed by atoms with van der Waals surface area (Å²) >= 11 is 0. The average Bonchev–Trinajstić information content (AvgIpc) is 1.67. The molecule has 15 aromatic heterocycles. The van der Waals surface area contributed by atoms with Crippen LogP contribution in [0.2, 0.25) is 0 Å². The van der Waals surface area contributed by atoms with Crippen molar-refractivity contribution in [3.8, 4) is 5.75 Å². The molecule has 16 heterocycles. The second-order valence-corrected chi connectivity index (χ2v) is 35.7. The van der Waals surface area contributed by atoms with Crippen LogP contribution >= 0.6 is 0 Å². The van der Waals surface area contributed by atoms with Crippen LogP contribution in [0.25, 0.3) is 55.2 Å². The largest absolute Gasteiger partial charge is 0.491 e. The van der Waals surface area contributed by atoms with Crippen LogP contribution in [0.15, 0.2) is 330 Å². The van der Waals surface area contributed by atoms with Crippen molar-refractivity contribution >= 4 is 72.5 Å². The number of carbonyl (C=O) groups is 3. The van der Waals surface area contributed by atoms with E-state index in [1.54, 1.807) is 18.6 Å². The highest BCUT2D eigenvalue weighted by molar-refractivity contribution is 5.99. The summed E-state index contributed by atoms with van der Waals surface area (Å²) in [7, 11) is 0. The van der Waals surface area contributed by atoms with Gasteiger partial charge in [0.1, 0.15) is 40.6 Å². The highest BCUT2D eigenvalue weighted by atomic mass is 16.5. The molecule has 692 valence electrons. The van der Waals surface area contributed by atoms with E-state index in [0.29, 0.717) is 31.8 Å². The summed E-state index contributed by atoms with van der Waals surface area (Å²) in [6, 6.07) is 79.4. The molecule has 0 amide bonds. The summed E-state index contributed by atoms with van der Waals surface area (Å²) in [4.78, 5) is 100. The van der Waals surface area contributed by atoms with Crippen molar-refractivity contribution in [2.24, 2.45) is 0 Å². The van der Waals surface area contributed by atoms with Crippen LogP contribution in [0.4, 0.5) is 0 Å². The maximum atomic E-state index is 12.4. The number of ketones is 3. The molecule has 1 atom stereocenters. The third kappa shape index (κ3) is 26.0. The number of benzene rings is 5. The van der Waals surface area contributed by atoms with Crippen LogP contribution in [0.5, 0.6) is 5.75 Å². The molecule has 0 saturated carbocycles. The zero-order valence-electron chi connectivity index (χ0n) is 78.3. The number of hydrogen-bond acceptors (Lipinski definition) is 15. The highest BCUT2D eigenvalue weighted by Crippen LogP contribution is 2.29. The Bertz CT molecular complexity index is 6950. The molecule has 1 saturated heterocycles. The van der Waals surface area contributed by atoms with Crippen LogP contribution in [-0.4, -0.2) is 123 Å². The highest BCUT2D eigenvalue weighted by Gasteiger charge is 2.19. The fraction of sp³-hybridized carbons (Fsp3) is 0.212. The fourth-order valence-corrected chi connectivity index (χ4v) is 17.1. The quantitative estimate of drug-likeness (QED) is 0.0273. The third-order valence-corrected chi connectivity index (χ3v) is 25.1.